The highest BCUT2D eigenvalue weighted by molar-refractivity contribution is 6.11. The first-order chi connectivity index (χ1) is 14.8. The van der Waals surface area contributed by atoms with E-state index in [0.717, 1.165) is 11.3 Å². The van der Waals surface area contributed by atoms with Crippen LogP contribution in [0.2, 0.25) is 0 Å². The Balaban J connectivity index is 1.57. The third-order valence-corrected chi connectivity index (χ3v) is 4.20. The topological polar surface area (TPSA) is 150 Å². The van der Waals surface area contributed by atoms with Gasteiger partial charge in [-0.3, -0.25) is 19.7 Å². The van der Waals surface area contributed by atoms with Gasteiger partial charge in [-0.25, -0.2) is 4.99 Å². The number of amides is 3. The van der Waals surface area contributed by atoms with Crippen LogP contribution in [-0.2, 0) is 14.4 Å². The number of nitrogens with zero attached hydrogens (tertiary/aromatic N) is 2. The van der Waals surface area contributed by atoms with E-state index in [4.69, 9.17) is 5.73 Å². The summed E-state index contributed by atoms with van der Waals surface area (Å²) in [4.78, 5) is 43.6. The second-order valence-corrected chi connectivity index (χ2v) is 6.96. The van der Waals surface area contributed by atoms with Crippen LogP contribution in [0.4, 0.5) is 17.1 Å². The highest BCUT2D eigenvalue weighted by Gasteiger charge is 2.28. The van der Waals surface area contributed by atoms with Gasteiger partial charge in [-0.05, 0) is 48.9 Å². The molecule has 0 bridgehead atoms. The second kappa shape index (κ2) is 9.53. The third-order valence-electron chi connectivity index (χ3n) is 4.20. The molecular weight excluding hydrogens is 398 g/mol. The molecule has 2 aromatic rings. The maximum atomic E-state index is 12.3. The van der Waals surface area contributed by atoms with Crippen LogP contribution in [-0.4, -0.2) is 35.7 Å². The summed E-state index contributed by atoms with van der Waals surface area (Å²) in [6.45, 7) is 3.36. The van der Waals surface area contributed by atoms with Crippen molar-refractivity contribution in [2.75, 3.05) is 16.0 Å². The highest BCUT2D eigenvalue weighted by Crippen LogP contribution is 2.15. The van der Waals surface area contributed by atoms with Gasteiger partial charge in [-0.2, -0.15) is 4.99 Å². The zero-order chi connectivity index (χ0) is 22.4. The Morgan fingerprint density at radius 3 is 2.39 bits per heavy atom. The van der Waals surface area contributed by atoms with Crippen LogP contribution in [0.5, 0.6) is 0 Å². The number of carbonyl (C=O) groups is 3. The van der Waals surface area contributed by atoms with E-state index in [1.165, 1.54) is 6.92 Å². The fraction of sp³-hybridized carbons (Fsp3) is 0.190. The molecule has 0 saturated heterocycles. The SMILES string of the molecule is CC(=O)Nc1ccc(NC(=O)CC2N=C(/N=C(\N)Nc3cccc(C)c3)NC2=O)cc1. The number of nitrogens with two attached hydrogens (primary N) is 1. The lowest BCUT2D eigenvalue weighted by Gasteiger charge is -2.08. The molecule has 0 aliphatic carbocycles. The molecule has 3 rings (SSSR count). The molecule has 10 heteroatoms. The molecule has 1 atom stereocenters. The van der Waals surface area contributed by atoms with E-state index in [-0.39, 0.29) is 30.2 Å². The van der Waals surface area contributed by atoms with Crippen LogP contribution >= 0.6 is 0 Å². The van der Waals surface area contributed by atoms with Crippen LogP contribution in [0.25, 0.3) is 0 Å². The molecule has 160 valence electrons. The predicted octanol–water partition coefficient (Wildman–Crippen LogP) is 1.56. The summed E-state index contributed by atoms with van der Waals surface area (Å²) in [6.07, 6.45) is -0.149. The van der Waals surface area contributed by atoms with Crippen LogP contribution in [0.1, 0.15) is 18.9 Å². The van der Waals surface area contributed by atoms with Gasteiger partial charge in [0.2, 0.25) is 23.7 Å². The average molecular weight is 421 g/mol. The van der Waals surface area contributed by atoms with Crippen molar-refractivity contribution in [3.05, 3.63) is 54.1 Å². The Morgan fingerprint density at radius 1 is 1.06 bits per heavy atom. The minimum absolute atomic E-state index is 0.0418. The molecule has 0 spiro atoms. The van der Waals surface area contributed by atoms with Gasteiger partial charge in [0.1, 0.15) is 6.04 Å². The predicted molar refractivity (Wildman–Crippen MR) is 120 cm³/mol. The number of carbonyl (C=O) groups excluding carboxylic acids is 3. The van der Waals surface area contributed by atoms with E-state index >= 15 is 0 Å². The molecule has 31 heavy (non-hydrogen) atoms. The molecule has 0 fully saturated rings. The maximum Gasteiger partial charge on any atom is 0.252 e. The monoisotopic (exact) mass is 421 g/mol. The quantitative estimate of drug-likeness (QED) is 0.367. The Bertz CT molecular complexity index is 1060. The van der Waals surface area contributed by atoms with Gasteiger partial charge in [-0.1, -0.05) is 12.1 Å². The van der Waals surface area contributed by atoms with Gasteiger partial charge in [0, 0.05) is 24.0 Å². The summed E-state index contributed by atoms with van der Waals surface area (Å²) < 4.78 is 0. The van der Waals surface area contributed by atoms with E-state index in [1.807, 2.05) is 31.2 Å². The number of guanidine groups is 2. The third kappa shape index (κ3) is 6.39. The Labute approximate surface area is 179 Å². The average Bonchev–Trinajstić information content (AvgIpc) is 3.01. The first kappa shape index (κ1) is 21.5. The number of aliphatic imine (C=N–C) groups is 2. The number of anilines is 3. The molecule has 1 unspecified atom stereocenters. The maximum absolute atomic E-state index is 12.3. The van der Waals surface area contributed by atoms with Gasteiger partial charge < -0.3 is 21.7 Å². The second-order valence-electron chi connectivity index (χ2n) is 6.96. The summed E-state index contributed by atoms with van der Waals surface area (Å²) in [6, 6.07) is 13.3. The molecule has 0 saturated carbocycles. The molecule has 0 radical (unpaired) electrons. The molecule has 3 amide bonds. The van der Waals surface area contributed by atoms with Gasteiger partial charge >= 0.3 is 0 Å². The summed E-state index contributed by atoms with van der Waals surface area (Å²) in [5.41, 5.74) is 8.83. The van der Waals surface area contributed by atoms with Crippen molar-refractivity contribution >= 4 is 46.7 Å². The number of nitrogens with one attached hydrogen (secondary N) is 4. The molecule has 10 nitrogen and oxygen atoms in total. The smallest absolute Gasteiger partial charge is 0.252 e. The minimum atomic E-state index is -0.899. The number of rotatable bonds is 5. The molecule has 1 heterocycles. The minimum Gasteiger partial charge on any atom is -0.369 e. The Morgan fingerprint density at radius 2 is 1.74 bits per heavy atom. The van der Waals surface area contributed by atoms with Crippen LogP contribution in [0, 0.1) is 6.92 Å². The first-order valence-electron chi connectivity index (χ1n) is 9.52. The van der Waals surface area contributed by atoms with E-state index < -0.39 is 11.9 Å². The lowest BCUT2D eigenvalue weighted by molar-refractivity contribution is -0.123. The van der Waals surface area contributed by atoms with Gasteiger partial charge in [0.25, 0.3) is 5.91 Å². The van der Waals surface area contributed by atoms with E-state index in [9.17, 15) is 14.4 Å². The fourth-order valence-corrected chi connectivity index (χ4v) is 2.87. The summed E-state index contributed by atoms with van der Waals surface area (Å²) in [5, 5.41) is 10.8. The van der Waals surface area contributed by atoms with Crippen molar-refractivity contribution in [1.29, 1.82) is 0 Å². The largest absolute Gasteiger partial charge is 0.369 e. The zero-order valence-electron chi connectivity index (χ0n) is 17.1. The zero-order valence-corrected chi connectivity index (χ0v) is 17.1. The normalized spacial score (nSPS) is 15.7. The van der Waals surface area contributed by atoms with E-state index in [2.05, 4.69) is 31.3 Å². The number of aryl methyl sites for hydroxylation is 1. The van der Waals surface area contributed by atoms with Gasteiger partial charge in [0.05, 0.1) is 6.42 Å². The fourth-order valence-electron chi connectivity index (χ4n) is 2.87. The Kier molecular flexibility index (Phi) is 6.61. The molecule has 6 N–H and O–H groups in total. The summed E-state index contributed by atoms with van der Waals surface area (Å²) >= 11 is 0. The van der Waals surface area contributed by atoms with Crippen LogP contribution in [0.15, 0.2) is 58.5 Å². The molecule has 2 aromatic carbocycles. The van der Waals surface area contributed by atoms with Crippen molar-refractivity contribution < 1.29 is 14.4 Å². The van der Waals surface area contributed by atoms with Crippen molar-refractivity contribution in [3.8, 4) is 0 Å². The van der Waals surface area contributed by atoms with Crippen molar-refractivity contribution in [1.82, 2.24) is 5.32 Å². The lowest BCUT2D eigenvalue weighted by Crippen LogP contribution is -2.32. The van der Waals surface area contributed by atoms with Crippen molar-refractivity contribution in [2.24, 2.45) is 15.7 Å². The molecule has 0 aromatic heterocycles. The van der Waals surface area contributed by atoms with E-state index in [0.29, 0.717) is 11.4 Å². The number of hydrogen-bond acceptors (Lipinski definition) is 5. The van der Waals surface area contributed by atoms with Gasteiger partial charge in [0.15, 0.2) is 0 Å². The molecule has 1 aliphatic heterocycles. The lowest BCUT2D eigenvalue weighted by atomic mass is 10.2. The van der Waals surface area contributed by atoms with Crippen molar-refractivity contribution in [3.63, 3.8) is 0 Å². The van der Waals surface area contributed by atoms with E-state index in [1.54, 1.807) is 24.3 Å². The molecular formula is C21H23N7O3. The highest BCUT2D eigenvalue weighted by atomic mass is 16.2. The number of hydrogen-bond donors (Lipinski definition) is 5. The number of benzene rings is 2. The summed E-state index contributed by atoms with van der Waals surface area (Å²) in [5.74, 6) is -0.894. The van der Waals surface area contributed by atoms with Crippen LogP contribution in [0.3, 0.4) is 0 Å². The van der Waals surface area contributed by atoms with Crippen molar-refractivity contribution in [2.45, 2.75) is 26.3 Å². The Hall–Kier alpha value is -4.21. The summed E-state index contributed by atoms with van der Waals surface area (Å²) in [7, 11) is 0. The standard InChI is InChI=1S/C21H23N7O3/c1-12-4-3-5-16(10-12)25-20(22)28-21-26-17(19(31)27-21)11-18(30)24-15-8-6-14(7-9-15)23-13(2)29/h3-10,17H,11H2,1-2H3,(H,23,29)(H,24,30)(H4,22,25,26,27,28,31). The molecule has 1 aliphatic rings. The van der Waals surface area contributed by atoms with Gasteiger partial charge in [-0.15, -0.1) is 0 Å². The first-order valence-corrected chi connectivity index (χ1v) is 9.52. The van der Waals surface area contributed by atoms with Crippen LogP contribution < -0.4 is 27.0 Å².